The number of carbonyl (C=O) groups is 1. The molecule has 4 nitrogen and oxygen atoms in total. The Morgan fingerprint density at radius 3 is 2.84 bits per heavy atom. The lowest BCUT2D eigenvalue weighted by Crippen LogP contribution is -2.33. The number of hydrogen-bond acceptors (Lipinski definition) is 4. The Balaban J connectivity index is 2.02. The third kappa shape index (κ3) is 3.47. The molecule has 1 atom stereocenters. The van der Waals surface area contributed by atoms with Crippen LogP contribution in [-0.2, 0) is 0 Å². The number of hydrogen-bond donors (Lipinski definition) is 1. The van der Waals surface area contributed by atoms with Crippen LogP contribution in [0.3, 0.4) is 0 Å². The van der Waals surface area contributed by atoms with Crippen LogP contribution >= 0.6 is 11.6 Å². The minimum Gasteiger partial charge on any atom is -0.495 e. The van der Waals surface area contributed by atoms with Crippen LogP contribution in [-0.4, -0.2) is 48.1 Å². The van der Waals surface area contributed by atoms with E-state index < -0.39 is 5.60 Å². The van der Waals surface area contributed by atoms with Crippen molar-refractivity contribution in [3.8, 4) is 5.75 Å². The Hall–Kier alpha value is -1.10. The van der Waals surface area contributed by atoms with Crippen molar-refractivity contribution in [2.24, 2.45) is 0 Å². The molecule has 0 aromatic heterocycles. The maximum Gasteiger partial charge on any atom is 0.176 e. The van der Waals surface area contributed by atoms with Crippen molar-refractivity contribution in [1.29, 1.82) is 0 Å². The molecule has 5 heteroatoms. The molecule has 1 aliphatic heterocycles. The van der Waals surface area contributed by atoms with Gasteiger partial charge in [-0.15, -0.1) is 0 Å². The fraction of sp³-hybridized carbons (Fsp3) is 0.500. The molecule has 1 fully saturated rings. The molecular weight excluding hydrogens is 266 g/mol. The van der Waals surface area contributed by atoms with Crippen LogP contribution < -0.4 is 4.74 Å². The Labute approximate surface area is 117 Å². The lowest BCUT2D eigenvalue weighted by Gasteiger charge is -2.18. The van der Waals surface area contributed by atoms with Crippen LogP contribution in [0.5, 0.6) is 5.75 Å². The second kappa shape index (κ2) is 5.49. The highest BCUT2D eigenvalue weighted by Gasteiger charge is 2.32. The van der Waals surface area contributed by atoms with Gasteiger partial charge in [0.15, 0.2) is 5.78 Å². The van der Waals surface area contributed by atoms with Crippen LogP contribution in [0, 0.1) is 0 Å². The second-order valence-corrected chi connectivity index (χ2v) is 5.64. The average Bonchev–Trinajstić information content (AvgIpc) is 2.68. The number of aliphatic hydroxyl groups is 1. The van der Waals surface area contributed by atoms with Crippen LogP contribution in [0.2, 0.25) is 5.02 Å². The lowest BCUT2D eigenvalue weighted by molar-refractivity contribution is 0.0669. The van der Waals surface area contributed by atoms with E-state index in [1.807, 2.05) is 4.90 Å². The first-order valence-corrected chi connectivity index (χ1v) is 6.60. The summed E-state index contributed by atoms with van der Waals surface area (Å²) in [6, 6.07) is 5.02. The van der Waals surface area contributed by atoms with Gasteiger partial charge in [-0.2, -0.15) is 0 Å². The second-order valence-electron chi connectivity index (χ2n) is 5.23. The van der Waals surface area contributed by atoms with Gasteiger partial charge < -0.3 is 9.84 Å². The van der Waals surface area contributed by atoms with Crippen LogP contribution in [0.15, 0.2) is 18.2 Å². The summed E-state index contributed by atoms with van der Waals surface area (Å²) in [4.78, 5) is 14.1. The molecule has 0 spiro atoms. The third-order valence-electron chi connectivity index (χ3n) is 3.37. The van der Waals surface area contributed by atoms with E-state index in [0.29, 0.717) is 35.8 Å². The van der Waals surface area contributed by atoms with Crippen LogP contribution in [0.25, 0.3) is 0 Å². The van der Waals surface area contributed by atoms with Gasteiger partial charge in [-0.1, -0.05) is 11.6 Å². The molecule has 0 bridgehead atoms. The van der Waals surface area contributed by atoms with Gasteiger partial charge in [-0.3, -0.25) is 9.69 Å². The Morgan fingerprint density at radius 2 is 2.32 bits per heavy atom. The molecule has 1 aliphatic rings. The van der Waals surface area contributed by atoms with Crippen molar-refractivity contribution < 1.29 is 14.6 Å². The molecule has 0 radical (unpaired) electrons. The summed E-state index contributed by atoms with van der Waals surface area (Å²) in [7, 11) is 1.54. The van der Waals surface area contributed by atoms with Crippen molar-refractivity contribution in [2.45, 2.75) is 18.9 Å². The molecule has 1 N–H and O–H groups in total. The standard InChI is InChI=1S/C14H18ClNO3/c1-14(18)5-6-16(9-14)8-12(17)10-3-4-13(19-2)11(15)7-10/h3-4,7,18H,5-6,8-9H2,1-2H3. The number of β-amino-alcohol motifs (C(OH)–C–C–N with tert-alkyl or cyclic N) is 1. The highest BCUT2D eigenvalue weighted by molar-refractivity contribution is 6.32. The van der Waals surface area contributed by atoms with E-state index in [-0.39, 0.29) is 5.78 Å². The first-order chi connectivity index (χ1) is 8.91. The van der Waals surface area contributed by atoms with Crippen molar-refractivity contribution >= 4 is 17.4 Å². The van der Waals surface area contributed by atoms with Crippen LogP contribution in [0.4, 0.5) is 0 Å². The number of likely N-dealkylation sites (tertiary alicyclic amines) is 1. The molecular formula is C14H18ClNO3. The number of rotatable bonds is 4. The molecule has 1 aromatic carbocycles. The Bertz CT molecular complexity index is 488. The molecule has 0 aliphatic carbocycles. The molecule has 0 amide bonds. The van der Waals surface area contributed by atoms with Gasteiger partial charge in [0.25, 0.3) is 0 Å². The largest absolute Gasteiger partial charge is 0.495 e. The zero-order valence-corrected chi connectivity index (χ0v) is 11.9. The SMILES string of the molecule is COc1ccc(C(=O)CN2CCC(C)(O)C2)cc1Cl. The van der Waals surface area contributed by atoms with E-state index in [9.17, 15) is 9.90 Å². The number of Topliss-reactive ketones (excluding diaryl/α,β-unsaturated/α-hetero) is 1. The summed E-state index contributed by atoms with van der Waals surface area (Å²) in [6.07, 6.45) is 0.698. The topological polar surface area (TPSA) is 49.8 Å². The van der Waals surface area contributed by atoms with Gasteiger partial charge in [-0.05, 0) is 31.5 Å². The van der Waals surface area contributed by atoms with Crippen molar-refractivity contribution in [3.05, 3.63) is 28.8 Å². The summed E-state index contributed by atoms with van der Waals surface area (Å²) in [5, 5.41) is 10.3. The molecule has 1 unspecified atom stereocenters. The molecule has 1 aromatic rings. The Kier molecular flexibility index (Phi) is 4.13. The predicted molar refractivity (Wildman–Crippen MR) is 74.0 cm³/mol. The zero-order chi connectivity index (χ0) is 14.0. The van der Waals surface area contributed by atoms with Gasteiger partial charge in [0.05, 0.1) is 24.3 Å². The molecule has 2 rings (SSSR count). The van der Waals surface area contributed by atoms with Crippen molar-refractivity contribution in [2.75, 3.05) is 26.7 Å². The molecule has 0 saturated carbocycles. The fourth-order valence-electron chi connectivity index (χ4n) is 2.31. The highest BCUT2D eigenvalue weighted by Crippen LogP contribution is 2.26. The predicted octanol–water partition coefficient (Wildman–Crippen LogP) is 1.99. The van der Waals surface area contributed by atoms with E-state index in [1.54, 1.807) is 25.1 Å². The van der Waals surface area contributed by atoms with Crippen LogP contribution in [0.1, 0.15) is 23.7 Å². The zero-order valence-electron chi connectivity index (χ0n) is 11.1. The third-order valence-corrected chi connectivity index (χ3v) is 3.67. The highest BCUT2D eigenvalue weighted by atomic mass is 35.5. The van der Waals surface area contributed by atoms with E-state index in [1.165, 1.54) is 7.11 Å². The summed E-state index contributed by atoms with van der Waals surface area (Å²) >= 11 is 6.00. The van der Waals surface area contributed by atoms with Crippen molar-refractivity contribution in [1.82, 2.24) is 4.90 Å². The van der Waals surface area contributed by atoms with Gasteiger partial charge in [-0.25, -0.2) is 0 Å². The minimum atomic E-state index is -0.683. The minimum absolute atomic E-state index is 0.00209. The quantitative estimate of drug-likeness (QED) is 0.859. The number of ketones is 1. The first kappa shape index (κ1) is 14.3. The normalized spacial score (nSPS) is 23.6. The number of nitrogens with zero attached hydrogens (tertiary/aromatic N) is 1. The van der Waals surface area contributed by atoms with Gasteiger partial charge in [0, 0.05) is 18.7 Å². The average molecular weight is 284 g/mol. The van der Waals surface area contributed by atoms with Gasteiger partial charge >= 0.3 is 0 Å². The van der Waals surface area contributed by atoms with E-state index in [0.717, 1.165) is 6.54 Å². The van der Waals surface area contributed by atoms with E-state index >= 15 is 0 Å². The summed E-state index contributed by atoms with van der Waals surface area (Å²) in [6.45, 7) is 3.37. The lowest BCUT2D eigenvalue weighted by atomic mass is 10.1. The molecule has 1 saturated heterocycles. The summed E-state index contributed by atoms with van der Waals surface area (Å²) < 4.78 is 5.05. The maximum atomic E-state index is 12.1. The van der Waals surface area contributed by atoms with Gasteiger partial charge in [0.1, 0.15) is 5.75 Å². The number of benzene rings is 1. The van der Waals surface area contributed by atoms with E-state index in [4.69, 9.17) is 16.3 Å². The molecule has 104 valence electrons. The maximum absolute atomic E-state index is 12.1. The van der Waals surface area contributed by atoms with E-state index in [2.05, 4.69) is 0 Å². The number of ether oxygens (including phenoxy) is 1. The molecule has 1 heterocycles. The summed E-state index contributed by atoms with van der Waals surface area (Å²) in [5.74, 6) is 0.560. The number of methoxy groups -OCH3 is 1. The fourth-order valence-corrected chi connectivity index (χ4v) is 2.57. The monoisotopic (exact) mass is 283 g/mol. The molecule has 19 heavy (non-hydrogen) atoms. The smallest absolute Gasteiger partial charge is 0.176 e. The summed E-state index contributed by atoms with van der Waals surface area (Å²) in [5.41, 5.74) is -0.116. The first-order valence-electron chi connectivity index (χ1n) is 6.23. The number of halogens is 1. The van der Waals surface area contributed by atoms with Gasteiger partial charge in [0.2, 0.25) is 0 Å². The Morgan fingerprint density at radius 1 is 1.58 bits per heavy atom. The van der Waals surface area contributed by atoms with Crippen molar-refractivity contribution in [3.63, 3.8) is 0 Å². The number of carbonyl (C=O) groups excluding carboxylic acids is 1.